The van der Waals surface area contributed by atoms with Crippen molar-refractivity contribution >= 4 is 5.96 Å². The normalized spacial score (nSPS) is 25.6. The van der Waals surface area contributed by atoms with Crippen LogP contribution in [0.2, 0.25) is 0 Å². The Morgan fingerprint density at radius 2 is 2.04 bits per heavy atom. The molecular formula is C18H28N4O. The van der Waals surface area contributed by atoms with Crippen LogP contribution in [-0.4, -0.2) is 47.2 Å². The maximum Gasteiger partial charge on any atom is 0.191 e. The van der Waals surface area contributed by atoms with Crippen LogP contribution < -0.4 is 10.6 Å². The predicted molar refractivity (Wildman–Crippen MR) is 93.7 cm³/mol. The Morgan fingerprint density at radius 3 is 2.70 bits per heavy atom. The largest absolute Gasteiger partial charge is 0.508 e. The number of aromatic hydroxyl groups is 1. The maximum absolute atomic E-state index is 9.34. The maximum atomic E-state index is 9.34. The monoisotopic (exact) mass is 316 g/mol. The molecule has 23 heavy (non-hydrogen) atoms. The highest BCUT2D eigenvalue weighted by Gasteiger charge is 2.38. The molecule has 2 fully saturated rings. The molecule has 1 heterocycles. The van der Waals surface area contributed by atoms with Gasteiger partial charge in [-0.15, -0.1) is 0 Å². The Morgan fingerprint density at radius 1 is 1.30 bits per heavy atom. The highest BCUT2D eigenvalue weighted by Crippen LogP contribution is 2.33. The summed E-state index contributed by atoms with van der Waals surface area (Å²) in [4.78, 5) is 7.32. The van der Waals surface area contributed by atoms with Gasteiger partial charge in [0.15, 0.2) is 5.96 Å². The Balaban J connectivity index is 1.57. The molecule has 1 aliphatic heterocycles. The van der Waals surface area contributed by atoms with Gasteiger partial charge in [-0.25, -0.2) is 4.99 Å². The van der Waals surface area contributed by atoms with E-state index >= 15 is 0 Å². The molecule has 126 valence electrons. The summed E-state index contributed by atoms with van der Waals surface area (Å²) in [6.45, 7) is 7.02. The number of nitrogens with one attached hydrogen (secondary N) is 2. The van der Waals surface area contributed by atoms with Crippen LogP contribution in [0.15, 0.2) is 29.3 Å². The molecule has 5 nitrogen and oxygen atoms in total. The van der Waals surface area contributed by atoms with Gasteiger partial charge in [-0.2, -0.15) is 0 Å². The molecule has 0 bridgehead atoms. The van der Waals surface area contributed by atoms with Crippen LogP contribution >= 0.6 is 0 Å². The van der Waals surface area contributed by atoms with Gasteiger partial charge in [0, 0.05) is 31.2 Å². The fraction of sp³-hybridized carbons (Fsp3) is 0.611. The average Bonchev–Trinajstić information content (AvgIpc) is 3.31. The van der Waals surface area contributed by atoms with Crippen LogP contribution in [-0.2, 0) is 6.54 Å². The minimum Gasteiger partial charge on any atom is -0.508 e. The Labute approximate surface area is 138 Å². The second kappa shape index (κ2) is 7.21. The molecule has 0 spiro atoms. The number of hydrogen-bond acceptors (Lipinski definition) is 3. The summed E-state index contributed by atoms with van der Waals surface area (Å²) in [5.74, 6) is 1.18. The second-order valence-corrected chi connectivity index (χ2v) is 6.72. The van der Waals surface area contributed by atoms with Crippen molar-refractivity contribution in [1.82, 2.24) is 15.5 Å². The third-order valence-corrected chi connectivity index (χ3v) is 4.68. The number of likely N-dealkylation sites (tertiary alicyclic amines) is 1. The molecule has 3 rings (SSSR count). The lowest BCUT2D eigenvalue weighted by atomic mass is 10.2. The van der Waals surface area contributed by atoms with Gasteiger partial charge >= 0.3 is 0 Å². The minimum atomic E-state index is 0.294. The highest BCUT2D eigenvalue weighted by molar-refractivity contribution is 5.80. The van der Waals surface area contributed by atoms with E-state index in [1.54, 1.807) is 12.1 Å². The van der Waals surface area contributed by atoms with Gasteiger partial charge in [0.2, 0.25) is 0 Å². The molecule has 1 aromatic carbocycles. The first-order valence-corrected chi connectivity index (χ1v) is 8.74. The molecule has 0 aromatic heterocycles. The van der Waals surface area contributed by atoms with Gasteiger partial charge in [0.05, 0.1) is 6.54 Å². The SMILES string of the molecule is CCNC(=NCc1ccc(O)cc1)NC1CC(C)N(C2CC2)C1. The molecule has 2 aliphatic rings. The number of hydrogen-bond donors (Lipinski definition) is 3. The summed E-state index contributed by atoms with van der Waals surface area (Å²) in [6, 6.07) is 9.20. The van der Waals surface area contributed by atoms with Gasteiger partial charge in [-0.3, -0.25) is 4.90 Å². The van der Waals surface area contributed by atoms with Crippen molar-refractivity contribution in [2.45, 2.75) is 57.8 Å². The second-order valence-electron chi connectivity index (χ2n) is 6.72. The molecular weight excluding hydrogens is 288 g/mol. The number of benzene rings is 1. The number of nitrogens with zero attached hydrogens (tertiary/aromatic N) is 2. The highest BCUT2D eigenvalue weighted by atomic mass is 16.3. The smallest absolute Gasteiger partial charge is 0.191 e. The summed E-state index contributed by atoms with van der Waals surface area (Å²) in [7, 11) is 0. The summed E-state index contributed by atoms with van der Waals surface area (Å²) in [5.41, 5.74) is 1.10. The molecule has 2 atom stereocenters. The molecule has 1 aromatic rings. The van der Waals surface area contributed by atoms with Crippen molar-refractivity contribution in [3.05, 3.63) is 29.8 Å². The zero-order valence-electron chi connectivity index (χ0n) is 14.1. The van der Waals surface area contributed by atoms with Gasteiger partial charge in [0.1, 0.15) is 5.75 Å². The van der Waals surface area contributed by atoms with Crippen LogP contribution in [0, 0.1) is 0 Å². The fourth-order valence-corrected chi connectivity index (χ4v) is 3.36. The Hall–Kier alpha value is -1.75. The van der Waals surface area contributed by atoms with E-state index in [1.807, 2.05) is 12.1 Å². The lowest BCUT2D eigenvalue weighted by molar-refractivity contribution is 0.256. The predicted octanol–water partition coefficient (Wildman–Crippen LogP) is 2.07. The first-order valence-electron chi connectivity index (χ1n) is 8.74. The third-order valence-electron chi connectivity index (χ3n) is 4.68. The third kappa shape index (κ3) is 4.38. The van der Waals surface area contributed by atoms with E-state index in [2.05, 4.69) is 34.4 Å². The first-order chi connectivity index (χ1) is 11.2. The van der Waals surface area contributed by atoms with Crippen molar-refractivity contribution in [2.24, 2.45) is 4.99 Å². The van der Waals surface area contributed by atoms with Gasteiger partial charge in [0.25, 0.3) is 0 Å². The number of phenolic OH excluding ortho intramolecular Hbond substituents is 1. The van der Waals surface area contributed by atoms with E-state index in [4.69, 9.17) is 0 Å². The number of phenols is 1. The van der Waals surface area contributed by atoms with Gasteiger partial charge in [-0.1, -0.05) is 12.1 Å². The topological polar surface area (TPSA) is 59.9 Å². The van der Waals surface area contributed by atoms with E-state index in [9.17, 15) is 5.11 Å². The van der Waals surface area contributed by atoms with E-state index in [0.29, 0.717) is 24.4 Å². The van der Waals surface area contributed by atoms with Crippen molar-refractivity contribution in [3.63, 3.8) is 0 Å². The van der Waals surface area contributed by atoms with Crippen molar-refractivity contribution in [3.8, 4) is 5.75 Å². The zero-order chi connectivity index (χ0) is 16.2. The summed E-state index contributed by atoms with van der Waals surface area (Å²) < 4.78 is 0. The van der Waals surface area contributed by atoms with E-state index in [0.717, 1.165) is 30.7 Å². The van der Waals surface area contributed by atoms with E-state index < -0.39 is 0 Å². The molecule has 0 radical (unpaired) electrons. The standard InChI is InChI=1S/C18H28N4O/c1-3-19-18(20-11-14-4-8-17(23)9-5-14)21-15-10-13(2)22(12-15)16-6-7-16/h4-5,8-9,13,15-16,23H,3,6-7,10-12H2,1-2H3,(H2,19,20,21). The lowest BCUT2D eigenvalue weighted by Gasteiger charge is -2.20. The van der Waals surface area contributed by atoms with E-state index in [1.165, 1.54) is 19.3 Å². The summed E-state index contributed by atoms with van der Waals surface area (Å²) in [6.07, 6.45) is 3.91. The van der Waals surface area contributed by atoms with Crippen LogP contribution in [0.25, 0.3) is 0 Å². The quantitative estimate of drug-likeness (QED) is 0.575. The summed E-state index contributed by atoms with van der Waals surface area (Å²) in [5, 5.41) is 16.3. The number of rotatable bonds is 5. The lowest BCUT2D eigenvalue weighted by Crippen LogP contribution is -2.44. The van der Waals surface area contributed by atoms with Crippen molar-refractivity contribution in [1.29, 1.82) is 0 Å². The molecule has 0 amide bonds. The Bertz CT molecular complexity index is 538. The molecule has 5 heteroatoms. The van der Waals surface area contributed by atoms with Crippen molar-refractivity contribution in [2.75, 3.05) is 13.1 Å². The molecule has 2 unspecified atom stereocenters. The summed E-state index contributed by atoms with van der Waals surface area (Å²) >= 11 is 0. The molecule has 3 N–H and O–H groups in total. The molecule has 1 aliphatic carbocycles. The first kappa shape index (κ1) is 16.1. The van der Waals surface area contributed by atoms with Crippen LogP contribution in [0.4, 0.5) is 0 Å². The van der Waals surface area contributed by atoms with Crippen molar-refractivity contribution < 1.29 is 5.11 Å². The zero-order valence-corrected chi connectivity index (χ0v) is 14.1. The van der Waals surface area contributed by atoms with Gasteiger partial charge in [-0.05, 0) is 50.8 Å². The van der Waals surface area contributed by atoms with Crippen LogP contribution in [0.3, 0.4) is 0 Å². The number of guanidine groups is 1. The average molecular weight is 316 g/mol. The van der Waals surface area contributed by atoms with Crippen LogP contribution in [0.1, 0.15) is 38.7 Å². The molecule has 1 saturated heterocycles. The van der Waals surface area contributed by atoms with Crippen LogP contribution in [0.5, 0.6) is 5.75 Å². The number of aliphatic imine (C=N–C) groups is 1. The van der Waals surface area contributed by atoms with Gasteiger partial charge < -0.3 is 15.7 Å². The minimum absolute atomic E-state index is 0.294. The Kier molecular flexibility index (Phi) is 5.06. The van der Waals surface area contributed by atoms with E-state index in [-0.39, 0.29) is 0 Å². The fourth-order valence-electron chi connectivity index (χ4n) is 3.36. The molecule has 1 saturated carbocycles.